The fourth-order valence-corrected chi connectivity index (χ4v) is 3.83. The zero-order valence-electron chi connectivity index (χ0n) is 18.6. The highest BCUT2D eigenvalue weighted by molar-refractivity contribution is 6.12. The lowest BCUT2D eigenvalue weighted by Crippen LogP contribution is -2.17. The molecule has 0 aliphatic carbocycles. The molecule has 1 aliphatic rings. The Morgan fingerprint density at radius 2 is 2.30 bits per heavy atom. The number of allylic oxidation sites excluding steroid dienone is 1. The van der Waals surface area contributed by atoms with Crippen molar-refractivity contribution in [3.63, 3.8) is 0 Å². The van der Waals surface area contributed by atoms with Crippen LogP contribution in [0.5, 0.6) is 0 Å². The van der Waals surface area contributed by atoms with E-state index in [1.165, 1.54) is 12.3 Å². The Hall–Kier alpha value is -3.97. The van der Waals surface area contributed by atoms with E-state index in [0.29, 0.717) is 35.0 Å². The predicted molar refractivity (Wildman–Crippen MR) is 127 cm³/mol. The first-order chi connectivity index (χ1) is 16.0. The number of aromatic nitrogens is 3. The van der Waals surface area contributed by atoms with Gasteiger partial charge in [-0.2, -0.15) is 5.26 Å². The zero-order chi connectivity index (χ0) is 23.4. The first-order valence-corrected chi connectivity index (χ1v) is 10.7. The van der Waals surface area contributed by atoms with Gasteiger partial charge in [0.1, 0.15) is 11.9 Å². The van der Waals surface area contributed by atoms with Gasteiger partial charge >= 0.3 is 0 Å². The van der Waals surface area contributed by atoms with Crippen molar-refractivity contribution in [2.75, 3.05) is 44.4 Å². The third-order valence-corrected chi connectivity index (χ3v) is 5.45. The van der Waals surface area contributed by atoms with Gasteiger partial charge in [0.15, 0.2) is 11.3 Å². The number of benzene rings is 1. The average Bonchev–Trinajstić information content (AvgIpc) is 3.45. The molecule has 0 amide bonds. The molecule has 0 atom stereocenters. The van der Waals surface area contributed by atoms with Crippen LogP contribution in [0.2, 0.25) is 0 Å². The summed E-state index contributed by atoms with van der Waals surface area (Å²) >= 11 is 0. The Bertz CT molecular complexity index is 1270. The molecule has 170 valence electrons. The summed E-state index contributed by atoms with van der Waals surface area (Å²) in [7, 11) is 3.95. The summed E-state index contributed by atoms with van der Waals surface area (Å²) in [4.78, 5) is 15.7. The number of fused-ring (bicyclic) bond motifs is 2. The molecular formula is C23H26FN9. The lowest BCUT2D eigenvalue weighted by Gasteiger charge is -2.13. The highest BCUT2D eigenvalue weighted by Gasteiger charge is 2.19. The molecule has 10 heteroatoms. The topological polar surface area (TPSA) is 120 Å². The van der Waals surface area contributed by atoms with Gasteiger partial charge in [0.25, 0.3) is 0 Å². The van der Waals surface area contributed by atoms with E-state index in [9.17, 15) is 9.65 Å². The van der Waals surface area contributed by atoms with E-state index in [0.717, 1.165) is 30.8 Å². The summed E-state index contributed by atoms with van der Waals surface area (Å²) in [6.07, 6.45) is 7.13. The second-order valence-corrected chi connectivity index (χ2v) is 7.94. The fraction of sp³-hybridized carbons (Fsp3) is 0.304. The molecule has 0 saturated heterocycles. The Labute approximate surface area is 191 Å². The quantitative estimate of drug-likeness (QED) is 0.453. The molecule has 3 aromatic rings. The first-order valence-electron chi connectivity index (χ1n) is 10.7. The number of aliphatic imine (C=N–C) groups is 1. The van der Waals surface area contributed by atoms with E-state index in [4.69, 9.17) is 5.73 Å². The van der Waals surface area contributed by atoms with E-state index in [-0.39, 0.29) is 18.1 Å². The molecule has 9 nitrogen and oxygen atoms in total. The summed E-state index contributed by atoms with van der Waals surface area (Å²) in [5, 5.41) is 15.9. The molecule has 1 aliphatic heterocycles. The number of anilines is 2. The molecule has 4 rings (SSSR count). The van der Waals surface area contributed by atoms with Gasteiger partial charge in [0.05, 0.1) is 24.0 Å². The molecule has 0 bridgehead atoms. The van der Waals surface area contributed by atoms with Gasteiger partial charge in [0, 0.05) is 37.1 Å². The second kappa shape index (κ2) is 9.67. The Morgan fingerprint density at radius 3 is 3.06 bits per heavy atom. The molecule has 4 N–H and O–H groups in total. The third-order valence-electron chi connectivity index (χ3n) is 5.45. The lowest BCUT2D eigenvalue weighted by molar-refractivity contribution is 0.420. The molecule has 0 spiro atoms. The molecule has 0 unspecified atom stereocenters. The van der Waals surface area contributed by atoms with Gasteiger partial charge in [-0.1, -0.05) is 0 Å². The van der Waals surface area contributed by atoms with Crippen molar-refractivity contribution in [1.82, 2.24) is 19.3 Å². The minimum absolute atomic E-state index is 0.243. The normalized spacial score (nSPS) is 13.5. The van der Waals surface area contributed by atoms with Gasteiger partial charge < -0.3 is 21.3 Å². The summed E-state index contributed by atoms with van der Waals surface area (Å²) in [6, 6.07) is 5.31. The fourth-order valence-electron chi connectivity index (χ4n) is 3.83. The number of nitrogens with one attached hydrogen (secondary N) is 2. The molecule has 33 heavy (non-hydrogen) atoms. The largest absolute Gasteiger partial charge is 0.405 e. The Morgan fingerprint density at radius 1 is 1.45 bits per heavy atom. The summed E-state index contributed by atoms with van der Waals surface area (Å²) in [6.45, 7) is 2.38. The summed E-state index contributed by atoms with van der Waals surface area (Å²) < 4.78 is 16.3. The Kier molecular flexibility index (Phi) is 6.51. The van der Waals surface area contributed by atoms with E-state index in [1.807, 2.05) is 19.0 Å². The predicted octanol–water partition coefficient (Wildman–Crippen LogP) is 2.14. The van der Waals surface area contributed by atoms with Gasteiger partial charge in [-0.15, -0.1) is 0 Å². The van der Waals surface area contributed by atoms with Crippen molar-refractivity contribution >= 4 is 23.0 Å². The van der Waals surface area contributed by atoms with Gasteiger partial charge in [-0.25, -0.2) is 14.4 Å². The van der Waals surface area contributed by atoms with Crippen molar-refractivity contribution in [3.8, 4) is 6.07 Å². The number of hydrogen-bond acceptors (Lipinski definition) is 8. The third kappa shape index (κ3) is 4.63. The average molecular weight is 448 g/mol. The molecule has 1 aromatic carbocycles. The number of imidazole rings is 1. The number of rotatable bonds is 8. The summed E-state index contributed by atoms with van der Waals surface area (Å²) in [5.41, 5.74) is 10.2. The van der Waals surface area contributed by atoms with Crippen molar-refractivity contribution in [3.05, 3.63) is 65.0 Å². The van der Waals surface area contributed by atoms with Crippen LogP contribution in [0.1, 0.15) is 22.4 Å². The molecule has 0 saturated carbocycles. The van der Waals surface area contributed by atoms with Crippen LogP contribution in [0.4, 0.5) is 16.0 Å². The molecular weight excluding hydrogens is 421 g/mol. The van der Waals surface area contributed by atoms with Crippen LogP contribution in [0.3, 0.4) is 0 Å². The van der Waals surface area contributed by atoms with Crippen LogP contribution < -0.4 is 16.4 Å². The minimum atomic E-state index is -0.260. The van der Waals surface area contributed by atoms with Crippen LogP contribution in [0, 0.1) is 17.1 Å². The number of halogens is 1. The van der Waals surface area contributed by atoms with Crippen molar-refractivity contribution in [2.24, 2.45) is 10.7 Å². The standard InChI is InChI=1S/C23H26FN9/c1-32(2)10-9-28-21(5-7-25)18-13-30-23(33-14-15(11-26)31-22(18)33)29-12-17-16-6-8-27-20(16)4-3-19(17)24/h3-5,7,13-14,27H,6,8-10,12,25H2,1-2H3,(H,29,30). The number of hydrogen-bond donors (Lipinski definition) is 3. The molecule has 0 fully saturated rings. The Balaban J connectivity index is 1.70. The van der Waals surface area contributed by atoms with Crippen LogP contribution >= 0.6 is 0 Å². The van der Waals surface area contributed by atoms with Gasteiger partial charge in [-0.05, 0) is 50.5 Å². The number of nitrogens with zero attached hydrogens (tertiary/aromatic N) is 6. The zero-order valence-corrected chi connectivity index (χ0v) is 18.6. The molecule has 0 radical (unpaired) electrons. The van der Waals surface area contributed by atoms with Crippen molar-refractivity contribution < 1.29 is 4.39 Å². The van der Waals surface area contributed by atoms with Crippen molar-refractivity contribution in [1.29, 1.82) is 5.26 Å². The minimum Gasteiger partial charge on any atom is -0.405 e. The monoisotopic (exact) mass is 447 g/mol. The molecule has 3 heterocycles. The number of likely N-dealkylation sites (N-methyl/N-ethyl adjacent to an activating group) is 1. The van der Waals surface area contributed by atoms with E-state index >= 15 is 0 Å². The van der Waals surface area contributed by atoms with E-state index < -0.39 is 0 Å². The molecule has 2 aromatic heterocycles. The van der Waals surface area contributed by atoms with Gasteiger partial charge in [0.2, 0.25) is 5.95 Å². The van der Waals surface area contributed by atoms with Crippen LogP contribution in [0.25, 0.3) is 5.65 Å². The van der Waals surface area contributed by atoms with Crippen LogP contribution in [0.15, 0.2) is 41.8 Å². The van der Waals surface area contributed by atoms with E-state index in [2.05, 4.69) is 31.7 Å². The maximum absolute atomic E-state index is 14.6. The van der Waals surface area contributed by atoms with Gasteiger partial charge in [-0.3, -0.25) is 9.39 Å². The first kappa shape index (κ1) is 22.2. The maximum Gasteiger partial charge on any atom is 0.208 e. The number of nitriles is 1. The number of nitrogens with two attached hydrogens (primary N) is 1. The van der Waals surface area contributed by atoms with E-state index in [1.54, 1.807) is 28.9 Å². The second-order valence-electron chi connectivity index (χ2n) is 7.94. The highest BCUT2D eigenvalue weighted by Crippen LogP contribution is 2.28. The lowest BCUT2D eigenvalue weighted by atomic mass is 10.0. The summed E-state index contributed by atoms with van der Waals surface area (Å²) in [5.74, 6) is 0.194. The smallest absolute Gasteiger partial charge is 0.208 e. The SMILES string of the molecule is CN(C)CCN=C(C=CN)c1cnc(NCc2c(F)ccc3c2CCN3)n2cc(C#N)nc12. The van der Waals surface area contributed by atoms with Crippen molar-refractivity contribution in [2.45, 2.75) is 13.0 Å². The maximum atomic E-state index is 14.6. The van der Waals surface area contributed by atoms with Crippen LogP contribution in [-0.4, -0.2) is 58.7 Å². The van der Waals surface area contributed by atoms with Crippen LogP contribution in [-0.2, 0) is 13.0 Å². The highest BCUT2D eigenvalue weighted by atomic mass is 19.1.